The highest BCUT2D eigenvalue weighted by atomic mass is 19.1. The lowest BCUT2D eigenvalue weighted by atomic mass is 10.0. The molecule has 0 aromatic heterocycles. The Morgan fingerprint density at radius 2 is 1.95 bits per heavy atom. The highest BCUT2D eigenvalue weighted by Crippen LogP contribution is 2.04. The minimum absolute atomic E-state index is 0.0249. The van der Waals surface area contributed by atoms with Crippen molar-refractivity contribution in [2.75, 3.05) is 13.1 Å². The van der Waals surface area contributed by atoms with E-state index in [1.807, 2.05) is 13.8 Å². The number of carbonyl (C=O) groups excluding carboxylic acids is 2. The third kappa shape index (κ3) is 7.17. The van der Waals surface area contributed by atoms with Crippen LogP contribution in [0.2, 0.25) is 0 Å². The summed E-state index contributed by atoms with van der Waals surface area (Å²) in [6.45, 7) is 4.03. The molecule has 122 valence electrons. The second kappa shape index (κ2) is 9.15. The van der Waals surface area contributed by atoms with Gasteiger partial charge in [0, 0.05) is 6.54 Å². The number of hydrogen-bond acceptors (Lipinski definition) is 3. The van der Waals surface area contributed by atoms with Crippen molar-refractivity contribution in [2.24, 2.45) is 5.92 Å². The number of halogens is 1. The van der Waals surface area contributed by atoms with Gasteiger partial charge >= 0.3 is 0 Å². The van der Waals surface area contributed by atoms with Crippen molar-refractivity contribution < 1.29 is 19.1 Å². The van der Waals surface area contributed by atoms with Crippen LogP contribution in [0.25, 0.3) is 0 Å². The standard InChI is InChI=1S/C16H23FN2O3/c1-11(2)14(20)6-7-18-16(22)10-19-15(21)9-12-4-3-5-13(17)8-12/h3-5,8,11,14,20H,6-7,9-10H2,1-2H3,(H,18,22)(H,19,21). The molecular weight excluding hydrogens is 287 g/mol. The molecule has 0 aliphatic heterocycles. The molecule has 0 spiro atoms. The lowest BCUT2D eigenvalue weighted by Crippen LogP contribution is -2.38. The van der Waals surface area contributed by atoms with Crippen LogP contribution < -0.4 is 10.6 Å². The molecule has 1 aromatic carbocycles. The summed E-state index contributed by atoms with van der Waals surface area (Å²) in [5.41, 5.74) is 0.554. The second-order valence-corrected chi connectivity index (χ2v) is 5.53. The van der Waals surface area contributed by atoms with Gasteiger partial charge in [0.1, 0.15) is 5.82 Å². The van der Waals surface area contributed by atoms with Crippen LogP contribution in [0.3, 0.4) is 0 Å². The maximum atomic E-state index is 13.0. The summed E-state index contributed by atoms with van der Waals surface area (Å²) < 4.78 is 13.0. The van der Waals surface area contributed by atoms with Gasteiger partial charge in [0.2, 0.25) is 11.8 Å². The fourth-order valence-corrected chi connectivity index (χ4v) is 1.83. The Labute approximate surface area is 129 Å². The topological polar surface area (TPSA) is 78.4 Å². The van der Waals surface area contributed by atoms with Gasteiger partial charge in [0.25, 0.3) is 0 Å². The fraction of sp³-hybridized carbons (Fsp3) is 0.500. The molecule has 0 fully saturated rings. The highest BCUT2D eigenvalue weighted by Gasteiger charge is 2.10. The van der Waals surface area contributed by atoms with E-state index in [9.17, 15) is 19.1 Å². The van der Waals surface area contributed by atoms with Crippen LogP contribution in [0.15, 0.2) is 24.3 Å². The SMILES string of the molecule is CC(C)C(O)CCNC(=O)CNC(=O)Cc1cccc(F)c1. The Hall–Kier alpha value is -1.95. The van der Waals surface area contributed by atoms with Crippen molar-refractivity contribution in [3.63, 3.8) is 0 Å². The number of benzene rings is 1. The molecule has 1 aromatic rings. The molecule has 0 bridgehead atoms. The first-order valence-electron chi connectivity index (χ1n) is 7.34. The lowest BCUT2D eigenvalue weighted by Gasteiger charge is -2.14. The Bertz CT molecular complexity index is 506. The minimum Gasteiger partial charge on any atom is -0.393 e. The molecule has 0 saturated heterocycles. The lowest BCUT2D eigenvalue weighted by molar-refractivity contribution is -0.125. The quantitative estimate of drug-likeness (QED) is 0.670. The van der Waals surface area contributed by atoms with Crippen LogP contribution >= 0.6 is 0 Å². The van der Waals surface area contributed by atoms with Crippen molar-refractivity contribution >= 4 is 11.8 Å². The first-order chi connectivity index (χ1) is 10.4. The highest BCUT2D eigenvalue weighted by molar-refractivity contribution is 5.85. The van der Waals surface area contributed by atoms with Gasteiger partial charge in [-0.1, -0.05) is 26.0 Å². The van der Waals surface area contributed by atoms with Gasteiger partial charge in [0.15, 0.2) is 0 Å². The van der Waals surface area contributed by atoms with Gasteiger partial charge in [-0.05, 0) is 30.0 Å². The molecule has 0 radical (unpaired) electrons. The predicted octanol–water partition coefficient (Wildman–Crippen LogP) is 1.01. The van der Waals surface area contributed by atoms with Crippen LogP contribution in [-0.4, -0.2) is 36.1 Å². The van der Waals surface area contributed by atoms with E-state index in [0.717, 1.165) is 0 Å². The summed E-state index contributed by atoms with van der Waals surface area (Å²) in [6, 6.07) is 5.77. The van der Waals surface area contributed by atoms with Gasteiger partial charge in [0.05, 0.1) is 19.1 Å². The Morgan fingerprint density at radius 1 is 1.23 bits per heavy atom. The zero-order valence-corrected chi connectivity index (χ0v) is 12.9. The number of hydrogen-bond donors (Lipinski definition) is 3. The van der Waals surface area contributed by atoms with Crippen molar-refractivity contribution in [2.45, 2.75) is 32.8 Å². The molecule has 5 nitrogen and oxygen atoms in total. The zero-order valence-electron chi connectivity index (χ0n) is 12.9. The van der Waals surface area contributed by atoms with E-state index in [2.05, 4.69) is 10.6 Å². The van der Waals surface area contributed by atoms with Gasteiger partial charge in [-0.3, -0.25) is 9.59 Å². The van der Waals surface area contributed by atoms with Crippen LogP contribution in [0.5, 0.6) is 0 Å². The Balaban J connectivity index is 2.22. The van der Waals surface area contributed by atoms with Gasteiger partial charge in [-0.25, -0.2) is 4.39 Å². The summed E-state index contributed by atoms with van der Waals surface area (Å²) in [7, 11) is 0. The van der Waals surface area contributed by atoms with E-state index < -0.39 is 11.9 Å². The molecule has 0 heterocycles. The van der Waals surface area contributed by atoms with E-state index in [-0.39, 0.29) is 30.7 Å². The summed E-state index contributed by atoms with van der Waals surface area (Å²) in [5.74, 6) is -0.916. The van der Waals surface area contributed by atoms with Gasteiger partial charge in [-0.15, -0.1) is 0 Å². The largest absolute Gasteiger partial charge is 0.393 e. The van der Waals surface area contributed by atoms with Crippen molar-refractivity contribution in [3.05, 3.63) is 35.6 Å². The van der Waals surface area contributed by atoms with Gasteiger partial charge in [-0.2, -0.15) is 0 Å². The van der Waals surface area contributed by atoms with Crippen LogP contribution in [-0.2, 0) is 16.0 Å². The monoisotopic (exact) mass is 310 g/mol. The fourth-order valence-electron chi connectivity index (χ4n) is 1.83. The first-order valence-corrected chi connectivity index (χ1v) is 7.34. The molecular formula is C16H23FN2O3. The third-order valence-electron chi connectivity index (χ3n) is 3.23. The number of amides is 2. The van der Waals surface area contributed by atoms with Crippen LogP contribution in [0.1, 0.15) is 25.8 Å². The summed E-state index contributed by atoms with van der Waals surface area (Å²) in [6.07, 6.45) is 0.0421. The number of rotatable bonds is 8. The minimum atomic E-state index is -0.456. The van der Waals surface area contributed by atoms with Crippen molar-refractivity contribution in [1.29, 1.82) is 0 Å². The van der Waals surface area contributed by atoms with E-state index in [1.165, 1.54) is 18.2 Å². The average Bonchev–Trinajstić information content (AvgIpc) is 2.45. The smallest absolute Gasteiger partial charge is 0.239 e. The molecule has 3 N–H and O–H groups in total. The molecule has 0 aliphatic rings. The van der Waals surface area contributed by atoms with E-state index >= 15 is 0 Å². The van der Waals surface area contributed by atoms with Gasteiger partial charge < -0.3 is 15.7 Å². The third-order valence-corrected chi connectivity index (χ3v) is 3.23. The molecule has 22 heavy (non-hydrogen) atoms. The molecule has 0 saturated carbocycles. The molecule has 1 unspecified atom stereocenters. The molecule has 6 heteroatoms. The molecule has 1 atom stereocenters. The normalized spacial score (nSPS) is 12.0. The molecule has 2 amide bonds. The van der Waals surface area contributed by atoms with E-state index in [0.29, 0.717) is 18.5 Å². The molecule has 0 aliphatic carbocycles. The Morgan fingerprint density at radius 3 is 2.59 bits per heavy atom. The van der Waals surface area contributed by atoms with E-state index in [1.54, 1.807) is 6.07 Å². The Kier molecular flexibility index (Phi) is 7.52. The number of nitrogens with one attached hydrogen (secondary N) is 2. The maximum Gasteiger partial charge on any atom is 0.239 e. The van der Waals surface area contributed by atoms with Crippen LogP contribution in [0.4, 0.5) is 4.39 Å². The second-order valence-electron chi connectivity index (χ2n) is 5.53. The zero-order chi connectivity index (χ0) is 16.5. The van der Waals surface area contributed by atoms with Crippen LogP contribution in [0, 0.1) is 11.7 Å². The van der Waals surface area contributed by atoms with E-state index in [4.69, 9.17) is 0 Å². The average molecular weight is 310 g/mol. The summed E-state index contributed by atoms with van der Waals surface area (Å²) in [4.78, 5) is 23.2. The molecule has 1 rings (SSSR count). The first kappa shape index (κ1) is 18.1. The number of aliphatic hydroxyl groups is 1. The number of aliphatic hydroxyl groups excluding tert-OH is 1. The summed E-state index contributed by atoms with van der Waals surface area (Å²) in [5, 5.41) is 14.7. The maximum absolute atomic E-state index is 13.0. The summed E-state index contributed by atoms with van der Waals surface area (Å²) >= 11 is 0. The predicted molar refractivity (Wildman–Crippen MR) is 81.6 cm³/mol. The van der Waals surface area contributed by atoms with Crippen molar-refractivity contribution in [3.8, 4) is 0 Å². The number of carbonyl (C=O) groups is 2. The van der Waals surface area contributed by atoms with Crippen molar-refractivity contribution in [1.82, 2.24) is 10.6 Å².